The summed E-state index contributed by atoms with van der Waals surface area (Å²) in [6.07, 6.45) is 1.41. The first-order valence-corrected chi connectivity index (χ1v) is 14.5. The number of esters is 1. The van der Waals surface area contributed by atoms with Gasteiger partial charge in [0.15, 0.2) is 0 Å². The van der Waals surface area contributed by atoms with Gasteiger partial charge in [-0.3, -0.25) is 9.59 Å². The Morgan fingerprint density at radius 3 is 2.05 bits per heavy atom. The summed E-state index contributed by atoms with van der Waals surface area (Å²) in [6.45, 7) is 4.94. The molecule has 0 atom stereocenters. The number of anilines is 1. The number of thiophene rings is 1. The summed E-state index contributed by atoms with van der Waals surface area (Å²) in [7, 11) is -2.34. The van der Waals surface area contributed by atoms with Gasteiger partial charge in [0.1, 0.15) is 4.88 Å². The molecule has 3 aromatic rings. The van der Waals surface area contributed by atoms with E-state index in [4.69, 9.17) is 0 Å². The molecule has 0 bridgehead atoms. The average Bonchev–Trinajstić information content (AvgIpc) is 3.39. The van der Waals surface area contributed by atoms with Gasteiger partial charge in [-0.2, -0.15) is 4.31 Å². The van der Waals surface area contributed by atoms with Gasteiger partial charge in [0, 0.05) is 25.2 Å². The van der Waals surface area contributed by atoms with Crippen LogP contribution in [0.3, 0.4) is 0 Å². The molecule has 0 saturated heterocycles. The molecule has 1 aromatic heterocycles. The molecule has 3 rings (SSSR count). The molecule has 11 heteroatoms. The molecule has 0 fully saturated rings. The lowest BCUT2D eigenvalue weighted by molar-refractivity contribution is 0.0600. The van der Waals surface area contributed by atoms with Crippen LogP contribution < -0.4 is 10.6 Å². The molecule has 0 aliphatic carbocycles. The molecule has 2 aromatic carbocycles. The van der Waals surface area contributed by atoms with Crippen LogP contribution >= 0.6 is 11.3 Å². The third kappa shape index (κ3) is 7.06. The number of ether oxygens (including phenoxy) is 1. The number of nitrogens with zero attached hydrogens (tertiary/aromatic N) is 1. The van der Waals surface area contributed by atoms with Crippen LogP contribution in [-0.4, -0.2) is 50.7 Å². The maximum atomic E-state index is 13.0. The number of methoxy groups -OCH3 is 1. The summed E-state index contributed by atoms with van der Waals surface area (Å²) in [6, 6.07) is 14.1. The molecular formula is C27H31N3O6S2. The van der Waals surface area contributed by atoms with Crippen LogP contribution in [0.15, 0.2) is 64.9 Å². The van der Waals surface area contributed by atoms with Gasteiger partial charge in [0.05, 0.1) is 23.3 Å². The zero-order chi connectivity index (χ0) is 27.7. The molecule has 0 saturated carbocycles. The number of rotatable bonds is 12. The van der Waals surface area contributed by atoms with Crippen molar-refractivity contribution in [3.63, 3.8) is 0 Å². The number of sulfonamides is 1. The first-order chi connectivity index (χ1) is 18.2. The fraction of sp³-hybridized carbons (Fsp3) is 0.296. The number of benzene rings is 2. The second-order valence-electron chi connectivity index (χ2n) is 8.42. The maximum Gasteiger partial charge on any atom is 0.337 e. The van der Waals surface area contributed by atoms with E-state index in [1.807, 2.05) is 13.8 Å². The number of carbonyl (C=O) groups excluding carboxylic acids is 3. The summed E-state index contributed by atoms with van der Waals surface area (Å²) in [5.74, 6) is -1.26. The molecule has 1 heterocycles. The zero-order valence-corrected chi connectivity index (χ0v) is 23.2. The lowest BCUT2D eigenvalue weighted by atomic mass is 10.1. The number of hydrogen-bond donors (Lipinski definition) is 2. The van der Waals surface area contributed by atoms with Crippen molar-refractivity contribution in [2.45, 2.75) is 38.1 Å². The summed E-state index contributed by atoms with van der Waals surface area (Å²) < 4.78 is 32.0. The molecule has 38 heavy (non-hydrogen) atoms. The van der Waals surface area contributed by atoms with Crippen LogP contribution in [-0.2, 0) is 21.3 Å². The van der Waals surface area contributed by atoms with Crippen molar-refractivity contribution in [1.29, 1.82) is 0 Å². The maximum absolute atomic E-state index is 13.0. The van der Waals surface area contributed by atoms with Gasteiger partial charge < -0.3 is 15.4 Å². The number of hydrogen-bond acceptors (Lipinski definition) is 7. The molecule has 9 nitrogen and oxygen atoms in total. The highest BCUT2D eigenvalue weighted by molar-refractivity contribution is 7.89. The van der Waals surface area contributed by atoms with E-state index in [1.165, 1.54) is 47.0 Å². The third-order valence-corrected chi connectivity index (χ3v) is 8.47. The number of amides is 2. The molecule has 0 aliphatic heterocycles. The van der Waals surface area contributed by atoms with E-state index in [-0.39, 0.29) is 22.9 Å². The highest BCUT2D eigenvalue weighted by atomic mass is 32.2. The Labute approximate surface area is 226 Å². The van der Waals surface area contributed by atoms with Gasteiger partial charge in [-0.1, -0.05) is 26.0 Å². The fourth-order valence-electron chi connectivity index (χ4n) is 3.70. The summed E-state index contributed by atoms with van der Waals surface area (Å²) >= 11 is 1.18. The minimum absolute atomic E-state index is 0.131. The summed E-state index contributed by atoms with van der Waals surface area (Å²) in [4.78, 5) is 37.6. The molecule has 0 spiro atoms. The molecule has 202 valence electrons. The van der Waals surface area contributed by atoms with Crippen LogP contribution in [0.2, 0.25) is 0 Å². The predicted molar refractivity (Wildman–Crippen MR) is 147 cm³/mol. The van der Waals surface area contributed by atoms with E-state index in [2.05, 4.69) is 15.4 Å². The van der Waals surface area contributed by atoms with Crippen LogP contribution in [0.4, 0.5) is 5.69 Å². The highest BCUT2D eigenvalue weighted by Crippen LogP contribution is 2.24. The van der Waals surface area contributed by atoms with Gasteiger partial charge >= 0.3 is 5.97 Å². The third-order valence-electron chi connectivity index (χ3n) is 5.65. The van der Waals surface area contributed by atoms with Gasteiger partial charge in [-0.25, -0.2) is 13.2 Å². The lowest BCUT2D eigenvalue weighted by Gasteiger charge is -2.21. The highest BCUT2D eigenvalue weighted by Gasteiger charge is 2.23. The van der Waals surface area contributed by atoms with E-state index < -0.39 is 21.9 Å². The van der Waals surface area contributed by atoms with Gasteiger partial charge in [0.25, 0.3) is 11.8 Å². The quantitative estimate of drug-likeness (QED) is 0.316. The topological polar surface area (TPSA) is 122 Å². The van der Waals surface area contributed by atoms with Crippen molar-refractivity contribution in [2.24, 2.45) is 0 Å². The van der Waals surface area contributed by atoms with Crippen LogP contribution in [0.5, 0.6) is 0 Å². The Hall–Kier alpha value is -3.54. The molecule has 0 radical (unpaired) electrons. The second-order valence-corrected chi connectivity index (χ2v) is 11.3. The Morgan fingerprint density at radius 2 is 1.47 bits per heavy atom. The van der Waals surface area contributed by atoms with Gasteiger partial charge in [-0.15, -0.1) is 11.3 Å². The van der Waals surface area contributed by atoms with E-state index >= 15 is 0 Å². The largest absolute Gasteiger partial charge is 0.465 e. The molecule has 0 unspecified atom stereocenters. The fourth-order valence-corrected chi connectivity index (χ4v) is 6.08. The molecule has 2 N–H and O–H groups in total. The minimum atomic E-state index is -3.65. The van der Waals surface area contributed by atoms with Gasteiger partial charge in [0.2, 0.25) is 10.0 Å². The number of carbonyl (C=O) groups is 3. The Balaban J connectivity index is 1.64. The Bertz CT molecular complexity index is 1360. The van der Waals surface area contributed by atoms with E-state index in [0.29, 0.717) is 42.1 Å². The zero-order valence-electron chi connectivity index (χ0n) is 21.5. The number of nitrogens with one attached hydrogen (secondary N) is 2. The molecular weight excluding hydrogens is 526 g/mol. The van der Waals surface area contributed by atoms with Crippen molar-refractivity contribution in [3.8, 4) is 0 Å². The SMILES string of the molecule is CCCN(CCC)S(=O)(=O)c1ccc(C(=O)Nc2ccsc2C(=O)NCc2ccc(C(=O)OC)cc2)cc1. The summed E-state index contributed by atoms with van der Waals surface area (Å²) in [5.41, 5.74) is 1.83. The lowest BCUT2D eigenvalue weighted by Crippen LogP contribution is -2.32. The Kier molecular flexibility index (Phi) is 10.2. The second kappa shape index (κ2) is 13.3. The first kappa shape index (κ1) is 29.0. The van der Waals surface area contributed by atoms with Crippen molar-refractivity contribution in [2.75, 3.05) is 25.5 Å². The van der Waals surface area contributed by atoms with E-state index in [0.717, 1.165) is 5.56 Å². The van der Waals surface area contributed by atoms with Crippen molar-refractivity contribution in [1.82, 2.24) is 9.62 Å². The molecule has 2 amide bonds. The predicted octanol–water partition coefficient (Wildman–Crippen LogP) is 4.53. The minimum Gasteiger partial charge on any atom is -0.465 e. The first-order valence-electron chi connectivity index (χ1n) is 12.2. The van der Waals surface area contributed by atoms with E-state index in [9.17, 15) is 22.8 Å². The van der Waals surface area contributed by atoms with Crippen LogP contribution in [0.25, 0.3) is 0 Å². The van der Waals surface area contributed by atoms with Gasteiger partial charge in [-0.05, 0) is 66.2 Å². The van der Waals surface area contributed by atoms with Crippen LogP contribution in [0.1, 0.15) is 62.6 Å². The normalized spacial score (nSPS) is 11.3. The van der Waals surface area contributed by atoms with E-state index in [1.54, 1.807) is 35.7 Å². The Morgan fingerprint density at radius 1 is 0.868 bits per heavy atom. The average molecular weight is 558 g/mol. The standard InChI is InChI=1S/C27H31N3O6S2/c1-4-15-30(16-5-2)38(34,35)22-12-10-20(11-13-22)25(31)29-23-14-17-37-24(23)26(32)28-18-19-6-8-21(9-7-19)27(33)36-3/h6-14,17H,4-5,15-16,18H2,1-3H3,(H,28,32)(H,29,31). The van der Waals surface area contributed by atoms with Crippen molar-refractivity contribution < 1.29 is 27.5 Å². The summed E-state index contributed by atoms with van der Waals surface area (Å²) in [5, 5.41) is 7.23. The smallest absolute Gasteiger partial charge is 0.337 e. The van der Waals surface area contributed by atoms with Crippen LogP contribution in [0, 0.1) is 0 Å². The van der Waals surface area contributed by atoms with Crippen molar-refractivity contribution in [3.05, 3.63) is 81.5 Å². The monoisotopic (exact) mass is 557 g/mol. The van der Waals surface area contributed by atoms with Crippen molar-refractivity contribution >= 4 is 44.8 Å². The molecule has 0 aliphatic rings.